The molecule has 0 bridgehead atoms. The average Bonchev–Trinajstić information content (AvgIpc) is 2.60. The second-order valence-corrected chi connectivity index (χ2v) is 4.49. The normalized spacial score (nSPS) is 9.96. The van der Waals surface area contributed by atoms with Crippen molar-refractivity contribution in [1.29, 1.82) is 0 Å². The zero-order valence-electron chi connectivity index (χ0n) is 13.3. The van der Waals surface area contributed by atoms with Crippen LogP contribution in [0.1, 0.15) is 20.7 Å². The number of hydrogen-bond donors (Lipinski definition) is 2. The van der Waals surface area contributed by atoms with E-state index in [2.05, 4.69) is 15.3 Å². The summed E-state index contributed by atoms with van der Waals surface area (Å²) in [6.45, 7) is 0. The van der Waals surface area contributed by atoms with Crippen molar-refractivity contribution in [2.24, 2.45) is 0 Å². The zero-order valence-corrected chi connectivity index (χ0v) is 13.3. The van der Waals surface area contributed by atoms with Gasteiger partial charge in [-0.15, -0.1) is 0 Å². The number of aromatic nitrogens is 2. The van der Waals surface area contributed by atoms with E-state index < -0.39 is 11.9 Å². The Morgan fingerprint density at radius 3 is 2.54 bits per heavy atom. The maximum Gasteiger partial charge on any atom is 0.340 e. The van der Waals surface area contributed by atoms with Crippen LogP contribution in [0.3, 0.4) is 0 Å². The fourth-order valence-corrected chi connectivity index (χ4v) is 1.97. The van der Waals surface area contributed by atoms with Gasteiger partial charge in [-0.25, -0.2) is 14.8 Å². The van der Waals surface area contributed by atoms with Gasteiger partial charge in [-0.1, -0.05) is 0 Å². The Morgan fingerprint density at radius 1 is 1.17 bits per heavy atom. The third-order valence-corrected chi connectivity index (χ3v) is 3.13. The number of nitrogen functional groups attached to an aromatic ring is 1. The van der Waals surface area contributed by atoms with Crippen molar-refractivity contribution in [3.63, 3.8) is 0 Å². The Kier molecular flexibility index (Phi) is 5.15. The maximum absolute atomic E-state index is 12.5. The van der Waals surface area contributed by atoms with E-state index in [1.807, 2.05) is 0 Å². The minimum Gasteiger partial charge on any atom is -0.496 e. The van der Waals surface area contributed by atoms with Gasteiger partial charge >= 0.3 is 5.97 Å². The molecule has 3 N–H and O–H groups in total. The number of anilines is 2. The highest BCUT2D eigenvalue weighted by atomic mass is 16.5. The predicted octanol–water partition coefficient (Wildman–Crippen LogP) is 1.11. The Bertz CT molecular complexity index is 778. The van der Waals surface area contributed by atoms with Crippen molar-refractivity contribution < 1.29 is 23.8 Å². The summed E-state index contributed by atoms with van der Waals surface area (Å²) in [7, 11) is 4.03. The summed E-state index contributed by atoms with van der Waals surface area (Å²) in [5.41, 5.74) is 6.01. The van der Waals surface area contributed by atoms with Crippen LogP contribution >= 0.6 is 0 Å². The summed E-state index contributed by atoms with van der Waals surface area (Å²) in [6, 6.07) is 2.85. The van der Waals surface area contributed by atoms with Crippen LogP contribution in [-0.4, -0.2) is 43.2 Å². The molecule has 0 aliphatic heterocycles. The number of carbonyl (C=O) groups is 2. The third-order valence-electron chi connectivity index (χ3n) is 3.13. The number of methoxy groups -OCH3 is 3. The molecule has 0 unspecified atom stereocenters. The van der Waals surface area contributed by atoms with E-state index in [1.165, 1.54) is 45.9 Å². The first kappa shape index (κ1) is 17.0. The number of hydrogen-bond acceptors (Lipinski definition) is 8. The van der Waals surface area contributed by atoms with Gasteiger partial charge in [0, 0.05) is 12.3 Å². The summed E-state index contributed by atoms with van der Waals surface area (Å²) >= 11 is 0. The molecule has 0 spiro atoms. The average molecular weight is 332 g/mol. The van der Waals surface area contributed by atoms with Gasteiger partial charge in [0.1, 0.15) is 17.1 Å². The van der Waals surface area contributed by atoms with Crippen molar-refractivity contribution in [3.8, 4) is 11.6 Å². The smallest absolute Gasteiger partial charge is 0.340 e. The summed E-state index contributed by atoms with van der Waals surface area (Å²) < 4.78 is 14.8. The molecule has 9 heteroatoms. The van der Waals surface area contributed by atoms with Crippen molar-refractivity contribution in [3.05, 3.63) is 35.7 Å². The van der Waals surface area contributed by atoms with Crippen LogP contribution in [-0.2, 0) is 4.74 Å². The number of ether oxygens (including phenoxy) is 3. The van der Waals surface area contributed by atoms with Gasteiger partial charge in [0.2, 0.25) is 5.88 Å². The largest absolute Gasteiger partial charge is 0.496 e. The van der Waals surface area contributed by atoms with Crippen molar-refractivity contribution in [2.75, 3.05) is 32.4 Å². The molecule has 1 amide bonds. The highest BCUT2D eigenvalue weighted by Crippen LogP contribution is 2.25. The van der Waals surface area contributed by atoms with Gasteiger partial charge in [-0.2, -0.15) is 0 Å². The minimum absolute atomic E-state index is 0.00654. The summed E-state index contributed by atoms with van der Waals surface area (Å²) in [5.74, 6) is -0.812. The molecule has 2 heterocycles. The summed E-state index contributed by atoms with van der Waals surface area (Å²) in [6.07, 6.45) is 2.70. The summed E-state index contributed by atoms with van der Waals surface area (Å²) in [5, 5.41) is 2.55. The van der Waals surface area contributed by atoms with Crippen molar-refractivity contribution in [2.45, 2.75) is 0 Å². The molecule has 24 heavy (non-hydrogen) atoms. The molecule has 2 aromatic heterocycles. The topological polar surface area (TPSA) is 126 Å². The lowest BCUT2D eigenvalue weighted by molar-refractivity contribution is 0.0601. The molecule has 0 aromatic carbocycles. The van der Waals surface area contributed by atoms with E-state index in [4.69, 9.17) is 19.9 Å². The molecule has 2 aromatic rings. The van der Waals surface area contributed by atoms with Gasteiger partial charge in [0.15, 0.2) is 0 Å². The van der Waals surface area contributed by atoms with Crippen LogP contribution in [0.5, 0.6) is 11.6 Å². The lowest BCUT2D eigenvalue weighted by atomic mass is 10.2. The zero-order chi connectivity index (χ0) is 17.7. The van der Waals surface area contributed by atoms with E-state index in [0.29, 0.717) is 0 Å². The van der Waals surface area contributed by atoms with Gasteiger partial charge in [-0.05, 0) is 6.07 Å². The fraction of sp³-hybridized carbons (Fsp3) is 0.200. The van der Waals surface area contributed by atoms with Crippen molar-refractivity contribution >= 4 is 23.4 Å². The standard InChI is InChI=1S/C15H16N4O5/c1-22-10-4-5-17-13(16)12(10)14(20)19-9-7-18-11(23-2)6-8(9)15(21)24-3/h4-7H,1-3H3,(H2,16,17)(H,19,20). The predicted molar refractivity (Wildman–Crippen MR) is 85.3 cm³/mol. The van der Waals surface area contributed by atoms with E-state index in [-0.39, 0.29) is 34.3 Å². The highest BCUT2D eigenvalue weighted by Gasteiger charge is 2.21. The number of amides is 1. The monoisotopic (exact) mass is 332 g/mol. The molecular weight excluding hydrogens is 316 g/mol. The Hall–Kier alpha value is -3.36. The van der Waals surface area contributed by atoms with E-state index in [9.17, 15) is 9.59 Å². The molecule has 0 radical (unpaired) electrons. The van der Waals surface area contributed by atoms with Crippen LogP contribution in [0, 0.1) is 0 Å². The number of carbonyl (C=O) groups excluding carboxylic acids is 2. The number of rotatable bonds is 5. The van der Waals surface area contributed by atoms with Gasteiger partial charge in [-0.3, -0.25) is 4.79 Å². The number of nitrogens with zero attached hydrogens (tertiary/aromatic N) is 2. The number of pyridine rings is 2. The van der Waals surface area contributed by atoms with Crippen LogP contribution < -0.4 is 20.5 Å². The molecule has 126 valence electrons. The van der Waals surface area contributed by atoms with Crippen LogP contribution in [0.15, 0.2) is 24.5 Å². The summed E-state index contributed by atoms with van der Waals surface area (Å²) in [4.78, 5) is 32.2. The maximum atomic E-state index is 12.5. The molecule has 0 saturated carbocycles. The third kappa shape index (κ3) is 3.35. The Morgan fingerprint density at radius 2 is 1.92 bits per heavy atom. The van der Waals surface area contributed by atoms with Crippen LogP contribution in [0.25, 0.3) is 0 Å². The second-order valence-electron chi connectivity index (χ2n) is 4.49. The quantitative estimate of drug-likeness (QED) is 0.780. The van der Waals surface area contributed by atoms with E-state index in [0.717, 1.165) is 0 Å². The van der Waals surface area contributed by atoms with E-state index >= 15 is 0 Å². The first-order valence-electron chi connectivity index (χ1n) is 6.74. The van der Waals surface area contributed by atoms with E-state index in [1.54, 1.807) is 0 Å². The van der Waals surface area contributed by atoms with Crippen molar-refractivity contribution in [1.82, 2.24) is 9.97 Å². The molecule has 0 aliphatic rings. The second kappa shape index (κ2) is 7.27. The molecule has 0 fully saturated rings. The molecule has 0 aliphatic carbocycles. The van der Waals surface area contributed by atoms with Gasteiger partial charge in [0.25, 0.3) is 5.91 Å². The molecule has 9 nitrogen and oxygen atoms in total. The van der Waals surface area contributed by atoms with Gasteiger partial charge in [0.05, 0.1) is 38.8 Å². The Labute approximate surface area is 137 Å². The van der Waals surface area contributed by atoms with Crippen LogP contribution in [0.2, 0.25) is 0 Å². The fourth-order valence-electron chi connectivity index (χ4n) is 1.97. The first-order chi connectivity index (χ1) is 11.5. The number of esters is 1. The number of nitrogens with one attached hydrogen (secondary N) is 1. The Balaban J connectivity index is 2.41. The SMILES string of the molecule is COC(=O)c1cc(OC)ncc1NC(=O)c1c(OC)ccnc1N. The molecule has 2 rings (SSSR count). The molecule has 0 saturated heterocycles. The van der Waals surface area contributed by atoms with Gasteiger partial charge < -0.3 is 25.3 Å². The lowest BCUT2D eigenvalue weighted by Gasteiger charge is -2.13. The highest BCUT2D eigenvalue weighted by molar-refractivity contribution is 6.11. The number of nitrogens with two attached hydrogens (primary N) is 1. The first-order valence-corrected chi connectivity index (χ1v) is 6.74. The lowest BCUT2D eigenvalue weighted by Crippen LogP contribution is -2.18. The van der Waals surface area contributed by atoms with Crippen LogP contribution in [0.4, 0.5) is 11.5 Å². The minimum atomic E-state index is -0.655. The molecule has 0 atom stereocenters. The molecular formula is C15H16N4O5.